The topological polar surface area (TPSA) is 37.4 Å². The molecule has 5 heteroatoms. The summed E-state index contributed by atoms with van der Waals surface area (Å²) in [6.07, 6.45) is 2.46. The van der Waals surface area contributed by atoms with Gasteiger partial charge in [0.25, 0.3) is 0 Å². The van der Waals surface area contributed by atoms with E-state index in [4.69, 9.17) is 9.72 Å². The molecule has 0 radical (unpaired) electrons. The van der Waals surface area contributed by atoms with Crippen molar-refractivity contribution in [3.05, 3.63) is 15.7 Å². The van der Waals surface area contributed by atoms with E-state index in [1.165, 1.54) is 16.4 Å². The minimum atomic E-state index is 0.493. The maximum Gasteiger partial charge on any atom is 0.132 e. The molecule has 0 unspecified atom stereocenters. The number of nitrogens with one attached hydrogen (secondary N) is 1. The molecule has 2 fully saturated rings. The fourth-order valence-corrected chi connectivity index (χ4v) is 3.67. The number of morpholine rings is 1. The molecule has 20 heavy (non-hydrogen) atoms. The number of pyridine rings is 1. The van der Waals surface area contributed by atoms with Crippen LogP contribution in [0.25, 0.3) is 0 Å². The summed E-state index contributed by atoms with van der Waals surface area (Å²) in [5, 5.41) is 3.58. The highest BCUT2D eigenvalue weighted by atomic mass is 127. The Labute approximate surface area is 134 Å². The van der Waals surface area contributed by atoms with E-state index in [-0.39, 0.29) is 0 Å². The highest BCUT2D eigenvalue weighted by molar-refractivity contribution is 14.1. The summed E-state index contributed by atoms with van der Waals surface area (Å²) < 4.78 is 6.64. The van der Waals surface area contributed by atoms with Gasteiger partial charge in [0.15, 0.2) is 0 Å². The minimum Gasteiger partial charge on any atom is -0.378 e. The molecular weight excluding hydrogens is 365 g/mol. The Balaban J connectivity index is 1.70. The van der Waals surface area contributed by atoms with Crippen LogP contribution in [0, 0.1) is 8.99 Å². The molecule has 0 spiro atoms. The lowest BCUT2D eigenvalue weighted by Crippen LogP contribution is -2.41. The SMILES string of the molecule is CC1(C)CC(Nc2cc(I)cc(N3CCOCC3)n2)C1. The summed E-state index contributed by atoms with van der Waals surface area (Å²) in [5.41, 5.74) is 0.493. The molecular formula is C15H22IN3O. The van der Waals surface area contributed by atoms with E-state index in [1.54, 1.807) is 0 Å². The van der Waals surface area contributed by atoms with Crippen molar-refractivity contribution in [3.8, 4) is 0 Å². The van der Waals surface area contributed by atoms with Crippen LogP contribution in [-0.2, 0) is 4.74 Å². The number of ether oxygens (including phenoxy) is 1. The van der Waals surface area contributed by atoms with Gasteiger partial charge >= 0.3 is 0 Å². The molecule has 1 saturated carbocycles. The molecule has 1 aliphatic carbocycles. The fourth-order valence-electron chi connectivity index (χ4n) is 3.10. The second kappa shape index (κ2) is 5.67. The van der Waals surface area contributed by atoms with Crippen molar-refractivity contribution in [1.82, 2.24) is 4.98 Å². The summed E-state index contributed by atoms with van der Waals surface area (Å²) in [4.78, 5) is 7.09. The molecule has 0 amide bonds. The monoisotopic (exact) mass is 387 g/mol. The molecule has 0 atom stereocenters. The zero-order valence-corrected chi connectivity index (χ0v) is 14.3. The van der Waals surface area contributed by atoms with Crippen LogP contribution in [0.5, 0.6) is 0 Å². The Bertz CT molecular complexity index is 478. The third-order valence-corrected chi connectivity index (χ3v) is 4.68. The summed E-state index contributed by atoms with van der Waals surface area (Å²) in [5.74, 6) is 2.08. The van der Waals surface area contributed by atoms with Gasteiger partial charge in [-0.2, -0.15) is 0 Å². The smallest absolute Gasteiger partial charge is 0.132 e. The Morgan fingerprint density at radius 2 is 2.00 bits per heavy atom. The quantitative estimate of drug-likeness (QED) is 0.809. The number of halogens is 1. The molecule has 3 rings (SSSR count). The highest BCUT2D eigenvalue weighted by Gasteiger charge is 2.36. The first-order chi connectivity index (χ1) is 9.52. The van der Waals surface area contributed by atoms with Crippen LogP contribution in [-0.4, -0.2) is 37.3 Å². The summed E-state index contributed by atoms with van der Waals surface area (Å²) in [6.45, 7) is 8.12. The van der Waals surface area contributed by atoms with Crippen molar-refractivity contribution in [3.63, 3.8) is 0 Å². The van der Waals surface area contributed by atoms with Crippen LogP contribution < -0.4 is 10.2 Å². The molecule has 1 aliphatic heterocycles. The first kappa shape index (κ1) is 14.4. The molecule has 1 N–H and O–H groups in total. The molecule has 0 bridgehead atoms. The van der Waals surface area contributed by atoms with E-state index in [9.17, 15) is 0 Å². The number of anilines is 2. The molecule has 1 saturated heterocycles. The fraction of sp³-hybridized carbons (Fsp3) is 0.667. The van der Waals surface area contributed by atoms with Crippen LogP contribution in [0.3, 0.4) is 0 Å². The number of aromatic nitrogens is 1. The molecule has 4 nitrogen and oxygen atoms in total. The normalized spacial score (nSPS) is 22.4. The number of hydrogen-bond acceptors (Lipinski definition) is 4. The van der Waals surface area contributed by atoms with Crippen molar-refractivity contribution < 1.29 is 4.74 Å². The predicted molar refractivity (Wildman–Crippen MR) is 90.4 cm³/mol. The average molecular weight is 387 g/mol. The van der Waals surface area contributed by atoms with Gasteiger partial charge in [-0.05, 0) is 53.0 Å². The molecule has 110 valence electrons. The number of rotatable bonds is 3. The Morgan fingerprint density at radius 3 is 2.65 bits per heavy atom. The first-order valence-corrected chi connectivity index (χ1v) is 8.37. The molecule has 1 aromatic rings. The van der Waals surface area contributed by atoms with Gasteiger partial charge in [0.1, 0.15) is 11.6 Å². The van der Waals surface area contributed by atoms with Gasteiger partial charge in [-0.1, -0.05) is 13.8 Å². The zero-order chi connectivity index (χ0) is 14.2. The third-order valence-electron chi connectivity index (χ3n) is 4.06. The largest absolute Gasteiger partial charge is 0.378 e. The van der Waals surface area contributed by atoms with E-state index in [1.807, 2.05) is 0 Å². The van der Waals surface area contributed by atoms with Crippen LogP contribution in [0.15, 0.2) is 12.1 Å². The molecule has 2 aliphatic rings. The highest BCUT2D eigenvalue weighted by Crippen LogP contribution is 2.41. The second-order valence-corrected chi connectivity index (χ2v) is 7.79. The van der Waals surface area contributed by atoms with Crippen LogP contribution in [0.4, 0.5) is 11.6 Å². The maximum absolute atomic E-state index is 5.41. The lowest BCUT2D eigenvalue weighted by atomic mass is 9.68. The first-order valence-electron chi connectivity index (χ1n) is 7.29. The average Bonchev–Trinajstić information content (AvgIpc) is 2.37. The van der Waals surface area contributed by atoms with E-state index >= 15 is 0 Å². The van der Waals surface area contributed by atoms with Gasteiger partial charge in [0.2, 0.25) is 0 Å². The van der Waals surface area contributed by atoms with Gasteiger partial charge in [-0.15, -0.1) is 0 Å². The Hall–Kier alpha value is -0.560. The van der Waals surface area contributed by atoms with Crippen molar-refractivity contribution in [2.24, 2.45) is 5.41 Å². The van der Waals surface area contributed by atoms with Crippen molar-refractivity contribution >= 4 is 34.2 Å². The van der Waals surface area contributed by atoms with E-state index in [2.05, 4.69) is 58.8 Å². The van der Waals surface area contributed by atoms with Gasteiger partial charge in [-0.25, -0.2) is 4.98 Å². The van der Waals surface area contributed by atoms with Gasteiger partial charge in [-0.3, -0.25) is 0 Å². The van der Waals surface area contributed by atoms with E-state index in [0.717, 1.165) is 37.9 Å². The number of hydrogen-bond donors (Lipinski definition) is 1. The summed E-state index contributed by atoms with van der Waals surface area (Å²) in [7, 11) is 0. The lowest BCUT2D eigenvalue weighted by Gasteiger charge is -2.43. The van der Waals surface area contributed by atoms with E-state index in [0.29, 0.717) is 11.5 Å². The standard InChI is InChI=1S/C15H22IN3O/c1-15(2)9-12(10-15)17-13-7-11(16)8-14(18-13)19-3-5-20-6-4-19/h7-8,12H,3-6,9-10H2,1-2H3,(H,17,18). The number of nitrogens with zero attached hydrogens (tertiary/aromatic N) is 2. The third kappa shape index (κ3) is 3.36. The van der Waals surface area contributed by atoms with Crippen molar-refractivity contribution in [1.29, 1.82) is 0 Å². The Kier molecular flexibility index (Phi) is 4.08. The minimum absolute atomic E-state index is 0.493. The zero-order valence-electron chi connectivity index (χ0n) is 12.2. The van der Waals surface area contributed by atoms with E-state index < -0.39 is 0 Å². The van der Waals surface area contributed by atoms with Gasteiger partial charge in [0.05, 0.1) is 13.2 Å². The lowest BCUT2D eigenvalue weighted by molar-refractivity contribution is 0.122. The Morgan fingerprint density at radius 1 is 1.30 bits per heavy atom. The molecule has 2 heterocycles. The van der Waals surface area contributed by atoms with Gasteiger partial charge < -0.3 is 15.0 Å². The van der Waals surface area contributed by atoms with Crippen molar-refractivity contribution in [2.45, 2.75) is 32.7 Å². The second-order valence-electron chi connectivity index (χ2n) is 6.54. The predicted octanol–water partition coefficient (Wildman–Crippen LogP) is 3.12. The van der Waals surface area contributed by atoms with Crippen LogP contribution >= 0.6 is 22.6 Å². The maximum atomic E-state index is 5.41. The van der Waals surface area contributed by atoms with Crippen LogP contribution in [0.2, 0.25) is 0 Å². The molecule has 1 aromatic heterocycles. The summed E-state index contributed by atoms with van der Waals surface area (Å²) >= 11 is 2.37. The molecule has 0 aromatic carbocycles. The summed E-state index contributed by atoms with van der Waals surface area (Å²) in [6, 6.07) is 4.87. The van der Waals surface area contributed by atoms with Crippen molar-refractivity contribution in [2.75, 3.05) is 36.5 Å². The van der Waals surface area contributed by atoms with Gasteiger partial charge in [0, 0.05) is 22.7 Å². The van der Waals surface area contributed by atoms with Crippen LogP contribution in [0.1, 0.15) is 26.7 Å².